The van der Waals surface area contributed by atoms with Crippen LogP contribution in [0.25, 0.3) is 0 Å². The van der Waals surface area contributed by atoms with Gasteiger partial charge in [-0.3, -0.25) is 4.79 Å². The standard InChI is InChI=1S/C12H17ClN2O3/c1-17-5-4-15-12(16)8-18-11-6-10(13)3-2-9(11)7-14/h2-3,6H,4-5,7-8,14H2,1H3,(H,15,16). The number of rotatable bonds is 7. The van der Waals surface area contributed by atoms with E-state index in [4.69, 9.17) is 26.8 Å². The first-order chi connectivity index (χ1) is 8.67. The molecule has 0 unspecified atom stereocenters. The molecule has 0 saturated heterocycles. The van der Waals surface area contributed by atoms with Crippen molar-refractivity contribution in [3.05, 3.63) is 28.8 Å². The summed E-state index contributed by atoms with van der Waals surface area (Å²) in [6.45, 7) is 1.18. The molecule has 5 nitrogen and oxygen atoms in total. The smallest absolute Gasteiger partial charge is 0.258 e. The summed E-state index contributed by atoms with van der Waals surface area (Å²) < 4.78 is 10.2. The molecule has 1 aromatic carbocycles. The molecule has 0 aliphatic carbocycles. The van der Waals surface area contributed by atoms with Gasteiger partial charge < -0.3 is 20.5 Å². The van der Waals surface area contributed by atoms with Gasteiger partial charge in [-0.2, -0.15) is 0 Å². The molecule has 0 spiro atoms. The van der Waals surface area contributed by atoms with Crippen LogP contribution in [-0.2, 0) is 16.1 Å². The van der Waals surface area contributed by atoms with Gasteiger partial charge in [-0.15, -0.1) is 0 Å². The van der Waals surface area contributed by atoms with Crippen molar-refractivity contribution in [1.29, 1.82) is 0 Å². The van der Waals surface area contributed by atoms with Crippen LogP contribution < -0.4 is 15.8 Å². The maximum atomic E-state index is 11.4. The van der Waals surface area contributed by atoms with Gasteiger partial charge in [0.25, 0.3) is 5.91 Å². The van der Waals surface area contributed by atoms with Crippen LogP contribution in [0.5, 0.6) is 5.75 Å². The van der Waals surface area contributed by atoms with Crippen LogP contribution in [0.15, 0.2) is 18.2 Å². The predicted molar refractivity (Wildman–Crippen MR) is 69.7 cm³/mol. The number of halogens is 1. The van der Waals surface area contributed by atoms with Crippen molar-refractivity contribution >= 4 is 17.5 Å². The number of methoxy groups -OCH3 is 1. The predicted octanol–water partition coefficient (Wildman–Crippen LogP) is 0.940. The monoisotopic (exact) mass is 272 g/mol. The SMILES string of the molecule is COCCNC(=O)COc1cc(Cl)ccc1CN. The Kier molecular flexibility index (Phi) is 6.49. The van der Waals surface area contributed by atoms with Gasteiger partial charge in [-0.1, -0.05) is 17.7 Å². The van der Waals surface area contributed by atoms with Crippen LogP contribution in [0.4, 0.5) is 0 Å². The zero-order valence-electron chi connectivity index (χ0n) is 10.2. The van der Waals surface area contributed by atoms with Crippen LogP contribution in [0, 0.1) is 0 Å². The van der Waals surface area contributed by atoms with Crippen molar-refractivity contribution in [3.8, 4) is 5.75 Å². The second-order valence-corrected chi connectivity index (χ2v) is 4.02. The lowest BCUT2D eigenvalue weighted by Gasteiger charge is -2.10. The molecule has 0 radical (unpaired) electrons. The highest BCUT2D eigenvalue weighted by molar-refractivity contribution is 6.30. The van der Waals surface area contributed by atoms with E-state index in [1.165, 1.54) is 0 Å². The first-order valence-electron chi connectivity index (χ1n) is 5.54. The van der Waals surface area contributed by atoms with Crippen LogP contribution in [0.2, 0.25) is 5.02 Å². The minimum absolute atomic E-state index is 0.0724. The van der Waals surface area contributed by atoms with Crippen LogP contribution in [0.1, 0.15) is 5.56 Å². The molecule has 0 fully saturated rings. The minimum Gasteiger partial charge on any atom is -0.483 e. The average molecular weight is 273 g/mol. The van der Waals surface area contributed by atoms with Gasteiger partial charge in [0, 0.05) is 30.8 Å². The van der Waals surface area contributed by atoms with E-state index < -0.39 is 0 Å². The van der Waals surface area contributed by atoms with Crippen LogP contribution >= 0.6 is 11.6 Å². The Balaban J connectivity index is 2.47. The number of amides is 1. The number of hydrogen-bond donors (Lipinski definition) is 2. The van der Waals surface area contributed by atoms with Crippen molar-refractivity contribution in [2.24, 2.45) is 5.73 Å². The van der Waals surface area contributed by atoms with E-state index >= 15 is 0 Å². The topological polar surface area (TPSA) is 73.6 Å². The van der Waals surface area contributed by atoms with Crippen molar-refractivity contribution < 1.29 is 14.3 Å². The molecular weight excluding hydrogens is 256 g/mol. The zero-order valence-corrected chi connectivity index (χ0v) is 11.0. The molecule has 0 aliphatic heterocycles. The average Bonchev–Trinajstić information content (AvgIpc) is 2.37. The van der Waals surface area contributed by atoms with E-state index in [9.17, 15) is 4.79 Å². The number of benzene rings is 1. The fourth-order valence-electron chi connectivity index (χ4n) is 1.32. The Morgan fingerprint density at radius 1 is 1.50 bits per heavy atom. The van der Waals surface area contributed by atoms with Crippen molar-refractivity contribution in [2.45, 2.75) is 6.54 Å². The number of ether oxygens (including phenoxy) is 2. The Morgan fingerprint density at radius 3 is 2.94 bits per heavy atom. The highest BCUT2D eigenvalue weighted by Crippen LogP contribution is 2.22. The molecule has 100 valence electrons. The summed E-state index contributed by atoms with van der Waals surface area (Å²) in [5.74, 6) is 0.321. The van der Waals surface area contributed by atoms with Gasteiger partial charge in [-0.25, -0.2) is 0 Å². The third kappa shape index (κ3) is 4.91. The van der Waals surface area contributed by atoms with E-state index in [0.29, 0.717) is 30.5 Å². The van der Waals surface area contributed by atoms with E-state index in [1.54, 1.807) is 25.3 Å². The molecular formula is C12H17ClN2O3. The lowest BCUT2D eigenvalue weighted by Crippen LogP contribution is -2.31. The number of nitrogens with two attached hydrogens (primary N) is 1. The maximum absolute atomic E-state index is 11.4. The molecule has 6 heteroatoms. The number of hydrogen-bond acceptors (Lipinski definition) is 4. The Bertz CT molecular complexity index is 399. The fourth-order valence-corrected chi connectivity index (χ4v) is 1.48. The summed E-state index contributed by atoms with van der Waals surface area (Å²) in [6, 6.07) is 5.15. The van der Waals surface area contributed by atoms with Crippen molar-refractivity contribution in [1.82, 2.24) is 5.32 Å². The van der Waals surface area contributed by atoms with Crippen molar-refractivity contribution in [3.63, 3.8) is 0 Å². The summed E-state index contributed by atoms with van der Waals surface area (Å²) >= 11 is 5.85. The summed E-state index contributed by atoms with van der Waals surface area (Å²) in [4.78, 5) is 11.4. The highest BCUT2D eigenvalue weighted by Gasteiger charge is 2.06. The number of carbonyl (C=O) groups excluding carboxylic acids is 1. The second kappa shape index (κ2) is 7.92. The van der Waals surface area contributed by atoms with Crippen LogP contribution in [0.3, 0.4) is 0 Å². The molecule has 1 amide bonds. The van der Waals surface area contributed by atoms with Gasteiger partial charge in [0.2, 0.25) is 0 Å². The van der Waals surface area contributed by atoms with E-state index in [-0.39, 0.29) is 12.5 Å². The molecule has 0 saturated carbocycles. The van der Waals surface area contributed by atoms with E-state index in [2.05, 4.69) is 5.32 Å². The Hall–Kier alpha value is -1.30. The number of carbonyl (C=O) groups is 1. The zero-order chi connectivity index (χ0) is 13.4. The third-order valence-corrected chi connectivity index (χ3v) is 2.47. The second-order valence-electron chi connectivity index (χ2n) is 3.59. The van der Waals surface area contributed by atoms with Crippen molar-refractivity contribution in [2.75, 3.05) is 26.9 Å². The summed E-state index contributed by atoms with van der Waals surface area (Å²) in [7, 11) is 1.57. The quantitative estimate of drug-likeness (QED) is 0.725. The van der Waals surface area contributed by atoms with Gasteiger partial charge in [-0.05, 0) is 12.1 Å². The first-order valence-corrected chi connectivity index (χ1v) is 5.92. The van der Waals surface area contributed by atoms with Gasteiger partial charge >= 0.3 is 0 Å². The maximum Gasteiger partial charge on any atom is 0.258 e. The van der Waals surface area contributed by atoms with Gasteiger partial charge in [0.05, 0.1) is 6.61 Å². The molecule has 18 heavy (non-hydrogen) atoms. The number of nitrogens with one attached hydrogen (secondary N) is 1. The first kappa shape index (κ1) is 14.8. The lowest BCUT2D eigenvalue weighted by molar-refractivity contribution is -0.123. The molecule has 0 aliphatic rings. The largest absolute Gasteiger partial charge is 0.483 e. The molecule has 0 aromatic heterocycles. The van der Waals surface area contributed by atoms with E-state index in [0.717, 1.165) is 5.56 Å². The summed E-state index contributed by atoms with van der Waals surface area (Å²) in [6.07, 6.45) is 0. The highest BCUT2D eigenvalue weighted by atomic mass is 35.5. The third-order valence-electron chi connectivity index (χ3n) is 2.24. The molecule has 3 N–H and O–H groups in total. The van der Waals surface area contributed by atoms with E-state index in [1.807, 2.05) is 0 Å². The molecule has 1 aromatic rings. The summed E-state index contributed by atoms with van der Waals surface area (Å²) in [5.41, 5.74) is 6.37. The summed E-state index contributed by atoms with van der Waals surface area (Å²) in [5, 5.41) is 3.20. The van der Waals surface area contributed by atoms with Crippen LogP contribution in [-0.4, -0.2) is 32.8 Å². The molecule has 0 bridgehead atoms. The lowest BCUT2D eigenvalue weighted by atomic mass is 10.2. The van der Waals surface area contributed by atoms with Gasteiger partial charge in [0.15, 0.2) is 6.61 Å². The fraction of sp³-hybridized carbons (Fsp3) is 0.417. The van der Waals surface area contributed by atoms with Gasteiger partial charge in [0.1, 0.15) is 5.75 Å². The molecule has 0 atom stereocenters. The molecule has 1 rings (SSSR count). The molecule has 0 heterocycles. The normalized spacial score (nSPS) is 10.2. The minimum atomic E-state index is -0.213. The Labute approximate surface area is 111 Å². The Morgan fingerprint density at radius 2 is 2.28 bits per heavy atom.